The minimum Gasteiger partial charge on any atom is -0.354 e. The number of rotatable bonds is 1. The summed E-state index contributed by atoms with van der Waals surface area (Å²) in [6.07, 6.45) is 2.74. The fourth-order valence-electron chi connectivity index (χ4n) is 2.99. The van der Waals surface area contributed by atoms with Gasteiger partial charge in [0, 0.05) is 19.1 Å². The Morgan fingerprint density at radius 3 is 2.95 bits per heavy atom. The molecule has 0 saturated carbocycles. The summed E-state index contributed by atoms with van der Waals surface area (Å²) in [6.45, 7) is 2.82. The largest absolute Gasteiger partial charge is 0.354 e. The number of nitrogens with zero attached hydrogens (tertiary/aromatic N) is 3. The maximum absolute atomic E-state index is 13.8. The third-order valence-corrected chi connectivity index (χ3v) is 4.32. The molecule has 2 atom stereocenters. The lowest BCUT2D eigenvalue weighted by atomic mass is 9.85. The van der Waals surface area contributed by atoms with Crippen molar-refractivity contribution in [2.45, 2.75) is 12.5 Å². The van der Waals surface area contributed by atoms with Crippen LogP contribution in [0.3, 0.4) is 0 Å². The molecule has 2 aliphatic rings. The van der Waals surface area contributed by atoms with Crippen molar-refractivity contribution < 1.29 is 8.78 Å². The van der Waals surface area contributed by atoms with Gasteiger partial charge in [-0.3, -0.25) is 4.98 Å². The van der Waals surface area contributed by atoms with Crippen LogP contribution >= 0.6 is 0 Å². The van der Waals surface area contributed by atoms with E-state index < -0.39 is 11.6 Å². The summed E-state index contributed by atoms with van der Waals surface area (Å²) in [4.78, 5) is 10.5. The first-order valence-corrected chi connectivity index (χ1v) is 6.81. The number of benzene rings is 1. The smallest absolute Gasteiger partial charge is 0.186 e. The first-order chi connectivity index (χ1) is 9.72. The average molecular weight is 276 g/mol. The quantitative estimate of drug-likeness (QED) is 0.861. The van der Waals surface area contributed by atoms with Crippen LogP contribution in [0.15, 0.2) is 18.3 Å². The molecule has 2 saturated heterocycles. The van der Waals surface area contributed by atoms with E-state index in [2.05, 4.69) is 20.2 Å². The highest BCUT2D eigenvalue weighted by molar-refractivity contribution is 5.76. The molecule has 0 aliphatic carbocycles. The van der Waals surface area contributed by atoms with Gasteiger partial charge in [0.1, 0.15) is 11.3 Å². The van der Waals surface area contributed by atoms with E-state index in [0.717, 1.165) is 38.0 Å². The Kier molecular flexibility index (Phi) is 2.60. The van der Waals surface area contributed by atoms with Crippen molar-refractivity contribution in [2.24, 2.45) is 5.92 Å². The van der Waals surface area contributed by atoms with Gasteiger partial charge in [-0.05, 0) is 31.0 Å². The zero-order valence-corrected chi connectivity index (χ0v) is 10.8. The van der Waals surface area contributed by atoms with Gasteiger partial charge >= 0.3 is 0 Å². The van der Waals surface area contributed by atoms with Gasteiger partial charge < -0.3 is 10.2 Å². The zero-order chi connectivity index (χ0) is 13.7. The molecule has 0 spiro atoms. The Bertz CT molecular complexity index is 676. The number of aromatic nitrogens is 2. The fraction of sp³-hybridized carbons (Fsp3) is 0.429. The van der Waals surface area contributed by atoms with E-state index >= 15 is 0 Å². The van der Waals surface area contributed by atoms with E-state index in [1.807, 2.05) is 0 Å². The summed E-state index contributed by atoms with van der Waals surface area (Å²) in [5.41, 5.74) is 0.385. The molecule has 4 rings (SSSR count). The third kappa shape index (κ3) is 1.75. The second kappa shape index (κ2) is 4.34. The van der Waals surface area contributed by atoms with Crippen LogP contribution in [0.4, 0.5) is 14.6 Å². The molecular weight excluding hydrogens is 262 g/mol. The maximum Gasteiger partial charge on any atom is 0.186 e. The first kappa shape index (κ1) is 12.0. The molecule has 6 heteroatoms. The van der Waals surface area contributed by atoms with Crippen molar-refractivity contribution in [3.05, 3.63) is 30.0 Å². The molecular formula is C14H14F2N4. The van der Waals surface area contributed by atoms with E-state index in [1.54, 1.807) is 6.20 Å². The predicted molar refractivity (Wildman–Crippen MR) is 71.6 cm³/mol. The van der Waals surface area contributed by atoms with Crippen LogP contribution in [0.1, 0.15) is 6.42 Å². The summed E-state index contributed by atoms with van der Waals surface area (Å²) in [5.74, 6) is -0.445. The van der Waals surface area contributed by atoms with Crippen LogP contribution in [0.5, 0.6) is 0 Å². The average Bonchev–Trinajstić information content (AvgIpc) is 2.44. The molecule has 20 heavy (non-hydrogen) atoms. The lowest BCUT2D eigenvalue weighted by molar-refractivity contribution is 0.196. The molecule has 2 fully saturated rings. The SMILES string of the molecule is Fc1ccc2ncc(N3CC[C@@H]4CN[C@@H]4C3)nc2c1F. The molecule has 104 valence electrons. The Balaban J connectivity index is 1.71. The van der Waals surface area contributed by atoms with Crippen LogP contribution in [0, 0.1) is 17.6 Å². The van der Waals surface area contributed by atoms with Gasteiger partial charge in [0.25, 0.3) is 0 Å². The van der Waals surface area contributed by atoms with Gasteiger partial charge in [-0.1, -0.05) is 0 Å². The van der Waals surface area contributed by atoms with Crippen molar-refractivity contribution in [2.75, 3.05) is 24.5 Å². The number of fused-ring (bicyclic) bond motifs is 2. The van der Waals surface area contributed by atoms with E-state index in [1.165, 1.54) is 6.07 Å². The monoisotopic (exact) mass is 276 g/mol. The van der Waals surface area contributed by atoms with Crippen molar-refractivity contribution in [3.63, 3.8) is 0 Å². The van der Waals surface area contributed by atoms with Crippen molar-refractivity contribution in [1.29, 1.82) is 0 Å². The van der Waals surface area contributed by atoms with Crippen LogP contribution < -0.4 is 10.2 Å². The second-order valence-corrected chi connectivity index (χ2v) is 5.47. The summed E-state index contributed by atoms with van der Waals surface area (Å²) < 4.78 is 27.1. The highest BCUT2D eigenvalue weighted by atomic mass is 19.2. The summed E-state index contributed by atoms with van der Waals surface area (Å²) >= 11 is 0. The maximum atomic E-state index is 13.8. The summed E-state index contributed by atoms with van der Waals surface area (Å²) in [7, 11) is 0. The van der Waals surface area contributed by atoms with Gasteiger partial charge in [0.15, 0.2) is 11.6 Å². The van der Waals surface area contributed by atoms with Gasteiger partial charge in [-0.2, -0.15) is 0 Å². The predicted octanol–water partition coefficient (Wildman–Crippen LogP) is 1.71. The normalized spacial score (nSPS) is 25.4. The third-order valence-electron chi connectivity index (χ3n) is 4.32. The highest BCUT2D eigenvalue weighted by Gasteiger charge is 2.36. The van der Waals surface area contributed by atoms with E-state index in [9.17, 15) is 8.78 Å². The topological polar surface area (TPSA) is 41.1 Å². The molecule has 1 aromatic heterocycles. The van der Waals surface area contributed by atoms with Gasteiger partial charge in [-0.15, -0.1) is 0 Å². The first-order valence-electron chi connectivity index (χ1n) is 6.81. The number of halogens is 2. The van der Waals surface area contributed by atoms with E-state index in [0.29, 0.717) is 17.4 Å². The lowest BCUT2D eigenvalue weighted by Crippen LogP contribution is -2.62. The fourth-order valence-corrected chi connectivity index (χ4v) is 2.99. The molecule has 0 bridgehead atoms. The van der Waals surface area contributed by atoms with Crippen molar-refractivity contribution in [3.8, 4) is 0 Å². The molecule has 0 unspecified atom stereocenters. The molecule has 0 radical (unpaired) electrons. The number of hydrogen-bond acceptors (Lipinski definition) is 4. The standard InChI is InChI=1S/C14H14F2N4/c15-9-1-2-10-14(13(9)16)19-12(6-18-10)20-4-3-8-5-17-11(8)7-20/h1-2,6,8,11,17H,3-5,7H2/t8-,11-/m1/s1. The molecule has 1 aromatic carbocycles. The number of anilines is 1. The lowest BCUT2D eigenvalue weighted by Gasteiger charge is -2.46. The molecule has 4 nitrogen and oxygen atoms in total. The molecule has 1 N–H and O–H groups in total. The van der Waals surface area contributed by atoms with Crippen LogP contribution in [0.2, 0.25) is 0 Å². The molecule has 2 aromatic rings. The Morgan fingerprint density at radius 2 is 2.20 bits per heavy atom. The minimum absolute atomic E-state index is 0.00573. The molecule has 2 aliphatic heterocycles. The van der Waals surface area contributed by atoms with Gasteiger partial charge in [0.05, 0.1) is 11.7 Å². The van der Waals surface area contributed by atoms with Crippen LogP contribution in [0.25, 0.3) is 11.0 Å². The molecule has 0 amide bonds. The zero-order valence-electron chi connectivity index (χ0n) is 10.8. The van der Waals surface area contributed by atoms with Crippen molar-refractivity contribution in [1.82, 2.24) is 15.3 Å². The van der Waals surface area contributed by atoms with Crippen LogP contribution in [-0.4, -0.2) is 35.6 Å². The highest BCUT2D eigenvalue weighted by Crippen LogP contribution is 2.27. The van der Waals surface area contributed by atoms with Crippen molar-refractivity contribution >= 4 is 16.9 Å². The second-order valence-electron chi connectivity index (χ2n) is 5.47. The van der Waals surface area contributed by atoms with Crippen LogP contribution in [-0.2, 0) is 0 Å². The summed E-state index contributed by atoms with van der Waals surface area (Å²) in [5, 5.41) is 3.38. The summed E-state index contributed by atoms with van der Waals surface area (Å²) in [6, 6.07) is 3.01. The molecule has 3 heterocycles. The Hall–Kier alpha value is -1.82. The number of nitrogens with one attached hydrogen (secondary N) is 1. The van der Waals surface area contributed by atoms with E-state index in [-0.39, 0.29) is 5.52 Å². The minimum atomic E-state index is -0.923. The van der Waals surface area contributed by atoms with E-state index in [4.69, 9.17) is 0 Å². The number of hydrogen-bond donors (Lipinski definition) is 1. The Labute approximate surface area is 114 Å². The van der Waals surface area contributed by atoms with Gasteiger partial charge in [-0.25, -0.2) is 13.8 Å². The van der Waals surface area contributed by atoms with Gasteiger partial charge in [0.2, 0.25) is 0 Å². The number of piperidine rings is 1. The Morgan fingerprint density at radius 1 is 1.30 bits per heavy atom.